The largest absolute Gasteiger partial charge is 0.425 e. The van der Waals surface area contributed by atoms with Gasteiger partial charge in [0.2, 0.25) is 11.8 Å². The first-order valence-electron chi connectivity index (χ1n) is 5.58. The molecule has 0 amide bonds. The maximum absolute atomic E-state index is 5.54. The lowest BCUT2D eigenvalue weighted by atomic mass is 10.1. The second kappa shape index (κ2) is 5.96. The van der Waals surface area contributed by atoms with E-state index in [9.17, 15) is 0 Å². The van der Waals surface area contributed by atoms with E-state index in [-0.39, 0.29) is 5.60 Å². The average molecular weight is 227 g/mol. The lowest BCUT2D eigenvalue weighted by molar-refractivity contribution is 0.0179. The lowest BCUT2D eigenvalue weighted by Crippen LogP contribution is -2.25. The van der Waals surface area contributed by atoms with Gasteiger partial charge in [-0.2, -0.15) is 0 Å². The molecule has 0 bridgehead atoms. The van der Waals surface area contributed by atoms with Crippen molar-refractivity contribution in [3.63, 3.8) is 0 Å². The number of rotatable bonds is 7. The molecule has 0 aliphatic rings. The molecule has 0 saturated carbocycles. The third-order valence-electron chi connectivity index (χ3n) is 2.46. The second-order valence-electron chi connectivity index (χ2n) is 4.44. The summed E-state index contributed by atoms with van der Waals surface area (Å²) in [5, 5.41) is 11.1. The minimum Gasteiger partial charge on any atom is -0.425 e. The summed E-state index contributed by atoms with van der Waals surface area (Å²) >= 11 is 0. The molecule has 1 heterocycles. The Morgan fingerprint density at radius 2 is 2.00 bits per heavy atom. The van der Waals surface area contributed by atoms with Crippen LogP contribution in [-0.2, 0) is 17.6 Å². The molecule has 0 unspecified atom stereocenters. The lowest BCUT2D eigenvalue weighted by Gasteiger charge is -2.20. The molecule has 0 spiro atoms. The van der Waals surface area contributed by atoms with Crippen molar-refractivity contribution in [1.82, 2.24) is 15.5 Å². The molecule has 1 aromatic heterocycles. The monoisotopic (exact) mass is 227 g/mol. The van der Waals surface area contributed by atoms with E-state index in [4.69, 9.17) is 9.15 Å². The third kappa shape index (κ3) is 4.28. The standard InChI is InChI=1S/C11H21N3O2/c1-11(2,15-4)8-10-14-13-9(16-10)6-5-7-12-3/h12H,5-8H2,1-4H3. The smallest absolute Gasteiger partial charge is 0.219 e. The number of nitrogens with zero attached hydrogens (tertiary/aromatic N) is 2. The van der Waals surface area contributed by atoms with Gasteiger partial charge in [-0.05, 0) is 33.9 Å². The van der Waals surface area contributed by atoms with Crippen LogP contribution >= 0.6 is 0 Å². The number of methoxy groups -OCH3 is 1. The van der Waals surface area contributed by atoms with Crippen molar-refractivity contribution in [1.29, 1.82) is 0 Å². The Balaban J connectivity index is 2.45. The Bertz CT molecular complexity index is 310. The molecule has 5 nitrogen and oxygen atoms in total. The summed E-state index contributed by atoms with van der Waals surface area (Å²) in [6, 6.07) is 0. The second-order valence-corrected chi connectivity index (χ2v) is 4.44. The molecule has 0 saturated heterocycles. The van der Waals surface area contributed by atoms with Crippen molar-refractivity contribution < 1.29 is 9.15 Å². The Hall–Kier alpha value is -0.940. The zero-order valence-corrected chi connectivity index (χ0v) is 10.5. The molecule has 0 aliphatic carbocycles. The highest BCUT2D eigenvalue weighted by atomic mass is 16.5. The Labute approximate surface area is 96.6 Å². The molecular formula is C11H21N3O2. The number of ether oxygens (including phenoxy) is 1. The van der Waals surface area contributed by atoms with Gasteiger partial charge in [0.25, 0.3) is 0 Å². The maximum atomic E-state index is 5.54. The van der Waals surface area contributed by atoms with E-state index in [1.165, 1.54) is 0 Å². The summed E-state index contributed by atoms with van der Waals surface area (Å²) < 4.78 is 10.8. The van der Waals surface area contributed by atoms with E-state index >= 15 is 0 Å². The number of aryl methyl sites for hydroxylation is 1. The third-order valence-corrected chi connectivity index (χ3v) is 2.46. The minimum absolute atomic E-state index is 0.255. The van der Waals surface area contributed by atoms with Gasteiger partial charge >= 0.3 is 0 Å². The maximum Gasteiger partial charge on any atom is 0.219 e. The van der Waals surface area contributed by atoms with Gasteiger partial charge in [-0.15, -0.1) is 10.2 Å². The van der Waals surface area contributed by atoms with E-state index in [1.807, 2.05) is 20.9 Å². The van der Waals surface area contributed by atoms with E-state index in [0.29, 0.717) is 18.2 Å². The summed E-state index contributed by atoms with van der Waals surface area (Å²) in [4.78, 5) is 0. The van der Waals surface area contributed by atoms with Crippen LogP contribution in [0.25, 0.3) is 0 Å². The van der Waals surface area contributed by atoms with Crippen LogP contribution in [0.4, 0.5) is 0 Å². The van der Waals surface area contributed by atoms with Crippen molar-refractivity contribution in [2.24, 2.45) is 0 Å². The first kappa shape index (κ1) is 13.1. The summed E-state index contributed by atoms with van der Waals surface area (Å²) in [6.45, 7) is 4.96. The van der Waals surface area contributed by atoms with E-state index in [2.05, 4.69) is 15.5 Å². The molecule has 0 aliphatic heterocycles. The van der Waals surface area contributed by atoms with Crippen LogP contribution in [0.15, 0.2) is 4.42 Å². The van der Waals surface area contributed by atoms with Crippen LogP contribution in [0.2, 0.25) is 0 Å². The predicted octanol–water partition coefficient (Wildman–Crippen LogP) is 1.19. The summed E-state index contributed by atoms with van der Waals surface area (Å²) in [5.41, 5.74) is -0.255. The normalized spacial score (nSPS) is 12.0. The predicted molar refractivity (Wildman–Crippen MR) is 61.3 cm³/mol. The van der Waals surface area contributed by atoms with Crippen LogP contribution in [-0.4, -0.2) is 36.5 Å². The first-order chi connectivity index (χ1) is 7.57. The van der Waals surface area contributed by atoms with Gasteiger partial charge in [-0.3, -0.25) is 0 Å². The van der Waals surface area contributed by atoms with E-state index in [0.717, 1.165) is 19.4 Å². The SMILES string of the molecule is CNCCCc1nnc(CC(C)(C)OC)o1. The van der Waals surface area contributed by atoms with Crippen LogP contribution in [0.3, 0.4) is 0 Å². The van der Waals surface area contributed by atoms with Gasteiger partial charge in [0.1, 0.15) is 0 Å². The molecule has 5 heteroatoms. The topological polar surface area (TPSA) is 60.2 Å². The van der Waals surface area contributed by atoms with E-state index in [1.54, 1.807) is 7.11 Å². The van der Waals surface area contributed by atoms with Gasteiger partial charge in [-0.25, -0.2) is 0 Å². The summed E-state index contributed by atoms with van der Waals surface area (Å²) in [7, 11) is 3.62. The van der Waals surface area contributed by atoms with Gasteiger partial charge in [-0.1, -0.05) is 0 Å². The van der Waals surface area contributed by atoms with Gasteiger partial charge < -0.3 is 14.5 Å². The van der Waals surface area contributed by atoms with Crippen LogP contribution < -0.4 is 5.32 Å². The number of aromatic nitrogens is 2. The highest BCUT2D eigenvalue weighted by molar-refractivity contribution is 4.88. The molecule has 1 N–H and O–H groups in total. The molecule has 92 valence electrons. The first-order valence-corrected chi connectivity index (χ1v) is 5.58. The molecular weight excluding hydrogens is 206 g/mol. The highest BCUT2D eigenvalue weighted by Gasteiger charge is 2.20. The van der Waals surface area contributed by atoms with Crippen molar-refractivity contribution in [2.45, 2.75) is 38.7 Å². The zero-order valence-electron chi connectivity index (χ0n) is 10.5. The van der Waals surface area contributed by atoms with Crippen LogP contribution in [0.1, 0.15) is 32.0 Å². The van der Waals surface area contributed by atoms with E-state index < -0.39 is 0 Å². The average Bonchev–Trinajstić information content (AvgIpc) is 2.65. The Morgan fingerprint density at radius 3 is 2.62 bits per heavy atom. The summed E-state index contributed by atoms with van der Waals surface area (Å²) in [5.74, 6) is 1.35. The van der Waals surface area contributed by atoms with Gasteiger partial charge in [0, 0.05) is 13.5 Å². The fourth-order valence-corrected chi connectivity index (χ4v) is 1.31. The molecule has 0 aromatic carbocycles. The number of nitrogens with one attached hydrogen (secondary N) is 1. The van der Waals surface area contributed by atoms with Gasteiger partial charge in [0.05, 0.1) is 12.0 Å². The molecule has 0 atom stereocenters. The Morgan fingerprint density at radius 1 is 1.31 bits per heavy atom. The van der Waals surface area contributed by atoms with Crippen molar-refractivity contribution in [3.05, 3.63) is 11.8 Å². The quantitative estimate of drug-likeness (QED) is 0.709. The number of hydrogen-bond acceptors (Lipinski definition) is 5. The molecule has 1 aromatic rings. The minimum atomic E-state index is -0.255. The molecule has 1 rings (SSSR count). The van der Waals surface area contributed by atoms with Crippen LogP contribution in [0, 0.1) is 0 Å². The fraction of sp³-hybridized carbons (Fsp3) is 0.818. The molecule has 0 fully saturated rings. The summed E-state index contributed by atoms with van der Waals surface area (Å²) in [6.07, 6.45) is 2.47. The van der Waals surface area contributed by atoms with Crippen molar-refractivity contribution >= 4 is 0 Å². The highest BCUT2D eigenvalue weighted by Crippen LogP contribution is 2.15. The molecule has 16 heavy (non-hydrogen) atoms. The van der Waals surface area contributed by atoms with Crippen LogP contribution in [0.5, 0.6) is 0 Å². The Kier molecular flexibility index (Phi) is 4.89. The zero-order chi connectivity index (χ0) is 12.0. The van der Waals surface area contributed by atoms with Gasteiger partial charge in [0.15, 0.2) is 0 Å². The van der Waals surface area contributed by atoms with Crippen molar-refractivity contribution in [3.8, 4) is 0 Å². The number of hydrogen-bond donors (Lipinski definition) is 1. The molecule has 0 radical (unpaired) electrons. The fourth-order valence-electron chi connectivity index (χ4n) is 1.31. The van der Waals surface area contributed by atoms with Crippen molar-refractivity contribution in [2.75, 3.05) is 20.7 Å².